The number of benzene rings is 8. The van der Waals surface area contributed by atoms with E-state index in [1.54, 1.807) is 12.1 Å². The molecule has 12 aromatic rings. The number of hydrogen-bond acceptors (Lipinski definition) is 5. The number of hydrogen-bond donors (Lipinski definition) is 0. The van der Waals surface area contributed by atoms with Crippen molar-refractivity contribution in [1.29, 1.82) is 5.26 Å². The van der Waals surface area contributed by atoms with Crippen molar-refractivity contribution in [3.8, 4) is 51.6 Å². The normalized spacial score (nSPS) is 11.7. The molecule has 274 valence electrons. The Morgan fingerprint density at radius 2 is 0.881 bits per heavy atom. The lowest BCUT2D eigenvalue weighted by molar-refractivity contribution is 1.07. The van der Waals surface area contributed by atoms with Gasteiger partial charge in [-0.2, -0.15) is 5.26 Å². The lowest BCUT2D eigenvalue weighted by Gasteiger charge is -2.12. The molecule has 0 aliphatic rings. The first kappa shape index (κ1) is 33.2. The van der Waals surface area contributed by atoms with Crippen LogP contribution in [0.25, 0.3) is 109 Å². The third kappa shape index (κ3) is 5.07. The summed E-state index contributed by atoms with van der Waals surface area (Å²) in [7, 11) is 0. The zero-order chi connectivity index (χ0) is 39.0. The summed E-state index contributed by atoms with van der Waals surface area (Å²) >= 11 is 1.88. The Morgan fingerprint density at radius 1 is 0.407 bits per heavy atom. The molecule has 4 heterocycles. The van der Waals surface area contributed by atoms with Crippen LogP contribution in [-0.2, 0) is 0 Å². The third-order valence-electron chi connectivity index (χ3n) is 11.4. The van der Waals surface area contributed by atoms with Crippen LogP contribution in [0.4, 0.5) is 0 Å². The van der Waals surface area contributed by atoms with Crippen LogP contribution in [0.5, 0.6) is 0 Å². The Bertz CT molecular complexity index is 3650. The maximum absolute atomic E-state index is 9.42. The molecule has 8 aromatic carbocycles. The second-order valence-electron chi connectivity index (χ2n) is 14.7. The molecule has 0 aliphatic carbocycles. The van der Waals surface area contributed by atoms with Crippen LogP contribution in [0.1, 0.15) is 5.56 Å². The van der Waals surface area contributed by atoms with Gasteiger partial charge in [-0.15, -0.1) is 11.3 Å². The van der Waals surface area contributed by atoms with Crippen molar-refractivity contribution < 1.29 is 0 Å². The van der Waals surface area contributed by atoms with Gasteiger partial charge in [0.05, 0.1) is 38.4 Å². The van der Waals surface area contributed by atoms with Crippen LogP contribution < -0.4 is 0 Å². The maximum Gasteiger partial charge on any atom is 0.164 e. The van der Waals surface area contributed by atoms with Crippen LogP contribution in [-0.4, -0.2) is 24.1 Å². The molecular weight excluding hydrogens is 741 g/mol. The molecule has 0 aliphatic heterocycles. The Morgan fingerprint density at radius 3 is 1.51 bits per heavy atom. The predicted molar refractivity (Wildman–Crippen MR) is 242 cm³/mol. The zero-order valence-corrected chi connectivity index (χ0v) is 32.2. The minimum atomic E-state index is 0.550. The first-order valence-electron chi connectivity index (χ1n) is 19.5. The van der Waals surface area contributed by atoms with Crippen LogP contribution in [0, 0.1) is 11.3 Å². The fourth-order valence-corrected chi connectivity index (χ4v) is 10.1. The predicted octanol–water partition coefficient (Wildman–Crippen LogP) is 13.3. The molecule has 0 N–H and O–H groups in total. The molecule has 7 heteroatoms. The van der Waals surface area contributed by atoms with Crippen LogP contribution >= 0.6 is 11.3 Å². The minimum absolute atomic E-state index is 0.550. The van der Waals surface area contributed by atoms with Gasteiger partial charge in [-0.25, -0.2) is 15.0 Å². The molecule has 0 bridgehead atoms. The van der Waals surface area contributed by atoms with E-state index in [1.807, 2.05) is 53.8 Å². The molecule has 6 nitrogen and oxygen atoms in total. The molecule has 0 spiro atoms. The summed E-state index contributed by atoms with van der Waals surface area (Å²) in [4.78, 5) is 14.9. The van der Waals surface area contributed by atoms with E-state index >= 15 is 0 Å². The summed E-state index contributed by atoms with van der Waals surface area (Å²) in [5, 5.41) is 16.9. The molecule has 0 fully saturated rings. The van der Waals surface area contributed by atoms with E-state index in [4.69, 9.17) is 15.0 Å². The first-order valence-corrected chi connectivity index (χ1v) is 20.3. The molecule has 12 rings (SSSR count). The first-order chi connectivity index (χ1) is 29.2. The summed E-state index contributed by atoms with van der Waals surface area (Å²) in [5.41, 5.74) is 10.1. The highest BCUT2D eigenvalue weighted by Crippen LogP contribution is 2.51. The molecule has 0 radical (unpaired) electrons. The molecule has 4 aromatic heterocycles. The highest BCUT2D eigenvalue weighted by molar-refractivity contribution is 7.27. The number of nitrogens with zero attached hydrogens (tertiary/aromatic N) is 6. The van der Waals surface area contributed by atoms with E-state index in [0.717, 1.165) is 33.6 Å². The summed E-state index contributed by atoms with van der Waals surface area (Å²) in [6, 6.07) is 65.4. The SMILES string of the molecule is N#Cc1ccc(-c2nc(-c3ccccc3)nc(-c3ccc(-n4c5ccccc5c5c6c7ccccc7sc6c6c(c7ccccc7n6-c6ccccc6)c54)cc3)n2)cc1. The number of para-hydroxylation sites is 3. The van der Waals surface area contributed by atoms with Crippen molar-refractivity contribution in [3.05, 3.63) is 188 Å². The smallest absolute Gasteiger partial charge is 0.164 e. The summed E-state index contributed by atoms with van der Waals surface area (Å²) < 4.78 is 7.47. The van der Waals surface area contributed by atoms with Crippen molar-refractivity contribution in [3.63, 3.8) is 0 Å². The van der Waals surface area contributed by atoms with Gasteiger partial charge in [0.1, 0.15) is 0 Å². The van der Waals surface area contributed by atoms with Crippen molar-refractivity contribution >= 4 is 75.1 Å². The zero-order valence-electron chi connectivity index (χ0n) is 31.4. The molecule has 0 unspecified atom stereocenters. The molecule has 0 saturated carbocycles. The van der Waals surface area contributed by atoms with E-state index in [2.05, 4.69) is 143 Å². The van der Waals surface area contributed by atoms with Gasteiger partial charge in [0, 0.05) is 65.1 Å². The monoisotopic (exact) mass is 770 g/mol. The van der Waals surface area contributed by atoms with Crippen molar-refractivity contribution in [2.24, 2.45) is 0 Å². The molecule has 0 amide bonds. The topological polar surface area (TPSA) is 72.3 Å². The Balaban J connectivity index is 1.15. The maximum atomic E-state index is 9.42. The lowest BCUT2D eigenvalue weighted by Crippen LogP contribution is -2.00. The average molecular weight is 771 g/mol. The number of thiophene rings is 1. The highest BCUT2D eigenvalue weighted by atomic mass is 32.1. The van der Waals surface area contributed by atoms with Crippen molar-refractivity contribution in [2.75, 3.05) is 0 Å². The Kier molecular flexibility index (Phi) is 7.36. The molecular formula is C52H30N6S. The van der Waals surface area contributed by atoms with Gasteiger partial charge in [-0.05, 0) is 78.9 Å². The van der Waals surface area contributed by atoms with E-state index in [-0.39, 0.29) is 0 Å². The standard InChI is InChI=1S/C52H30N6S/c53-31-32-23-25-34(26-24-32)51-54-50(33-13-3-1-4-14-33)55-52(56-51)35-27-29-37(30-28-35)57-41-20-10-7-17-38(41)44-45-40-19-9-12-22-43(40)59-49(45)48-46(47(44)57)39-18-8-11-21-42(39)58(48)36-15-5-2-6-16-36/h1-30H. The number of nitriles is 1. The lowest BCUT2D eigenvalue weighted by atomic mass is 10.0. The van der Waals surface area contributed by atoms with Gasteiger partial charge in [0.15, 0.2) is 17.5 Å². The second-order valence-corrected chi connectivity index (χ2v) is 15.8. The molecule has 0 atom stereocenters. The van der Waals surface area contributed by atoms with Crippen LogP contribution in [0.3, 0.4) is 0 Å². The Labute approximate surface area is 342 Å². The van der Waals surface area contributed by atoms with Gasteiger partial charge in [-0.1, -0.05) is 103 Å². The van der Waals surface area contributed by atoms with Gasteiger partial charge in [-0.3, -0.25) is 0 Å². The van der Waals surface area contributed by atoms with Crippen LogP contribution in [0.15, 0.2) is 182 Å². The summed E-state index contributed by atoms with van der Waals surface area (Å²) in [6.07, 6.45) is 0. The largest absolute Gasteiger partial charge is 0.309 e. The second kappa shape index (κ2) is 13.1. The number of aromatic nitrogens is 5. The third-order valence-corrected chi connectivity index (χ3v) is 12.6. The van der Waals surface area contributed by atoms with Gasteiger partial charge in [0.25, 0.3) is 0 Å². The van der Waals surface area contributed by atoms with Gasteiger partial charge < -0.3 is 9.13 Å². The minimum Gasteiger partial charge on any atom is -0.309 e. The van der Waals surface area contributed by atoms with Gasteiger partial charge >= 0.3 is 0 Å². The van der Waals surface area contributed by atoms with Crippen LogP contribution in [0.2, 0.25) is 0 Å². The van der Waals surface area contributed by atoms with E-state index in [0.29, 0.717) is 23.0 Å². The fraction of sp³-hybridized carbons (Fsp3) is 0. The number of rotatable bonds is 5. The van der Waals surface area contributed by atoms with Crippen molar-refractivity contribution in [1.82, 2.24) is 24.1 Å². The molecule has 59 heavy (non-hydrogen) atoms. The molecule has 0 saturated heterocycles. The summed E-state index contributed by atoms with van der Waals surface area (Å²) in [5.74, 6) is 1.71. The highest BCUT2D eigenvalue weighted by Gasteiger charge is 2.26. The van der Waals surface area contributed by atoms with E-state index in [1.165, 1.54) is 58.3 Å². The summed E-state index contributed by atoms with van der Waals surface area (Å²) in [6.45, 7) is 0. The van der Waals surface area contributed by atoms with Gasteiger partial charge in [0.2, 0.25) is 0 Å². The van der Waals surface area contributed by atoms with Crippen molar-refractivity contribution in [2.45, 2.75) is 0 Å². The quantitative estimate of drug-likeness (QED) is 0.175. The Hall–Kier alpha value is -7.92. The van der Waals surface area contributed by atoms with E-state index in [9.17, 15) is 5.26 Å². The van der Waals surface area contributed by atoms with E-state index < -0.39 is 0 Å². The number of fused-ring (bicyclic) bond motifs is 12. The fourth-order valence-electron chi connectivity index (χ4n) is 8.80. The average Bonchev–Trinajstić information content (AvgIpc) is 3.98.